The summed E-state index contributed by atoms with van der Waals surface area (Å²) in [7, 11) is 1.85. The fourth-order valence-electron chi connectivity index (χ4n) is 2.59. The van der Waals surface area contributed by atoms with Crippen LogP contribution in [-0.4, -0.2) is 31.4 Å². The Hall–Kier alpha value is -1.64. The lowest BCUT2D eigenvalue weighted by atomic mass is 10.2. The highest BCUT2D eigenvalue weighted by molar-refractivity contribution is 7.71. The number of aliphatic hydroxyl groups is 1. The summed E-state index contributed by atoms with van der Waals surface area (Å²) in [5.41, 5.74) is 0.668. The molecule has 8 heteroatoms. The minimum Gasteiger partial charge on any atom is -0.388 e. The van der Waals surface area contributed by atoms with Gasteiger partial charge in [-0.25, -0.2) is 13.5 Å². The van der Waals surface area contributed by atoms with Crippen molar-refractivity contribution in [1.82, 2.24) is 19.2 Å². The van der Waals surface area contributed by atoms with Gasteiger partial charge in [0, 0.05) is 12.6 Å². The molecule has 0 bridgehead atoms. The van der Waals surface area contributed by atoms with Crippen molar-refractivity contribution in [1.29, 1.82) is 0 Å². The summed E-state index contributed by atoms with van der Waals surface area (Å²) in [5.74, 6) is -1.14. The van der Waals surface area contributed by atoms with Crippen molar-refractivity contribution in [3.8, 4) is 0 Å². The van der Waals surface area contributed by atoms with Crippen molar-refractivity contribution in [2.45, 2.75) is 38.7 Å². The largest absolute Gasteiger partial charge is 0.388 e. The van der Waals surface area contributed by atoms with Crippen LogP contribution in [0, 0.1) is 16.4 Å². The molecule has 0 atom stereocenters. The molecule has 1 aliphatic carbocycles. The molecule has 1 fully saturated rings. The van der Waals surface area contributed by atoms with E-state index in [2.05, 4.69) is 5.10 Å². The van der Waals surface area contributed by atoms with Crippen molar-refractivity contribution in [3.63, 3.8) is 0 Å². The van der Waals surface area contributed by atoms with E-state index in [1.807, 2.05) is 16.5 Å². The molecule has 0 spiro atoms. The van der Waals surface area contributed by atoms with E-state index in [1.54, 1.807) is 10.7 Å². The second-order valence-electron chi connectivity index (χ2n) is 5.86. The Morgan fingerprint density at radius 3 is 2.70 bits per heavy atom. The van der Waals surface area contributed by atoms with E-state index < -0.39 is 11.6 Å². The molecule has 0 radical (unpaired) electrons. The van der Waals surface area contributed by atoms with Crippen LogP contribution in [0.25, 0.3) is 0 Å². The smallest absolute Gasteiger partial charge is 0.199 e. The maximum absolute atomic E-state index is 13.3. The number of hydrogen-bond donors (Lipinski definition) is 1. The number of benzene rings is 1. The van der Waals surface area contributed by atoms with Gasteiger partial charge in [0.25, 0.3) is 0 Å². The van der Waals surface area contributed by atoms with Gasteiger partial charge in [-0.3, -0.25) is 9.47 Å². The van der Waals surface area contributed by atoms with E-state index in [1.165, 1.54) is 6.07 Å². The van der Waals surface area contributed by atoms with Crippen molar-refractivity contribution in [2.75, 3.05) is 7.05 Å². The molecule has 0 amide bonds. The molecule has 1 aromatic carbocycles. The monoisotopic (exact) mass is 340 g/mol. The first-order valence-electron chi connectivity index (χ1n) is 7.41. The Labute approximate surface area is 137 Å². The van der Waals surface area contributed by atoms with Crippen molar-refractivity contribution in [2.24, 2.45) is 0 Å². The molecule has 2 aromatic rings. The van der Waals surface area contributed by atoms with Gasteiger partial charge in [-0.1, -0.05) is 6.07 Å². The molecule has 1 aromatic heterocycles. The summed E-state index contributed by atoms with van der Waals surface area (Å²) in [6.45, 7) is 0.689. The second kappa shape index (κ2) is 6.46. The topological polar surface area (TPSA) is 46.2 Å². The minimum absolute atomic E-state index is 0.153. The normalized spacial score (nSPS) is 14.7. The molecule has 23 heavy (non-hydrogen) atoms. The molecule has 0 saturated heterocycles. The van der Waals surface area contributed by atoms with E-state index in [4.69, 9.17) is 12.2 Å². The minimum atomic E-state index is -0.854. The summed E-state index contributed by atoms with van der Waals surface area (Å²) in [6.07, 6.45) is 2.11. The Bertz CT molecular complexity index is 769. The first kappa shape index (κ1) is 16.2. The van der Waals surface area contributed by atoms with Gasteiger partial charge in [0.1, 0.15) is 6.61 Å². The molecule has 124 valence electrons. The molecule has 1 heterocycles. The molecule has 0 aliphatic heterocycles. The van der Waals surface area contributed by atoms with Crippen LogP contribution >= 0.6 is 12.2 Å². The number of halogens is 2. The number of nitrogens with zero attached hydrogens (tertiary/aromatic N) is 4. The summed E-state index contributed by atoms with van der Waals surface area (Å²) >= 11 is 5.43. The zero-order valence-corrected chi connectivity index (χ0v) is 13.6. The molecule has 5 nitrogen and oxygen atoms in total. The maximum atomic E-state index is 13.3. The van der Waals surface area contributed by atoms with Gasteiger partial charge in [-0.2, -0.15) is 5.10 Å². The van der Waals surface area contributed by atoms with Gasteiger partial charge < -0.3 is 5.11 Å². The van der Waals surface area contributed by atoms with Crippen LogP contribution in [0.1, 0.15) is 30.3 Å². The predicted octanol–water partition coefficient (Wildman–Crippen LogP) is 2.61. The van der Waals surface area contributed by atoms with Crippen LogP contribution in [-0.2, 0) is 19.8 Å². The van der Waals surface area contributed by atoms with Gasteiger partial charge >= 0.3 is 0 Å². The van der Waals surface area contributed by atoms with E-state index in [0.717, 1.165) is 18.9 Å². The van der Waals surface area contributed by atoms with Gasteiger partial charge in [-0.05, 0) is 49.8 Å². The van der Waals surface area contributed by atoms with E-state index >= 15 is 0 Å². The molecular weight excluding hydrogens is 322 g/mol. The second-order valence-corrected chi connectivity index (χ2v) is 6.23. The molecule has 1 saturated carbocycles. The Kier molecular flexibility index (Phi) is 4.56. The Morgan fingerprint density at radius 1 is 1.35 bits per heavy atom. The van der Waals surface area contributed by atoms with Gasteiger partial charge in [-0.15, -0.1) is 0 Å². The lowest BCUT2D eigenvalue weighted by molar-refractivity contribution is 0.238. The van der Waals surface area contributed by atoms with Crippen LogP contribution in [0.15, 0.2) is 18.2 Å². The summed E-state index contributed by atoms with van der Waals surface area (Å²) in [5, 5.41) is 13.8. The predicted molar refractivity (Wildman–Crippen MR) is 83.1 cm³/mol. The van der Waals surface area contributed by atoms with Crippen molar-refractivity contribution in [3.05, 3.63) is 46.0 Å². The SMILES string of the molecule is CN(Cc1ccc(F)c(F)c1)Cn1nc(CO)n(C2CC2)c1=S. The third-order valence-corrected chi connectivity index (χ3v) is 4.21. The molecule has 3 rings (SSSR count). The van der Waals surface area contributed by atoms with E-state index in [9.17, 15) is 13.9 Å². The molecule has 1 N–H and O–H groups in total. The van der Waals surface area contributed by atoms with Crippen LogP contribution in [0.4, 0.5) is 8.78 Å². The summed E-state index contributed by atoms with van der Waals surface area (Å²) in [6, 6.07) is 4.20. The summed E-state index contributed by atoms with van der Waals surface area (Å²) < 4.78 is 30.4. The first-order valence-corrected chi connectivity index (χ1v) is 7.82. The fourth-order valence-corrected chi connectivity index (χ4v) is 2.95. The van der Waals surface area contributed by atoms with Crippen molar-refractivity contribution >= 4 is 12.2 Å². The lowest BCUT2D eigenvalue weighted by Gasteiger charge is -2.16. The standard InChI is InChI=1S/C15H18F2N4OS/c1-19(7-10-2-5-12(16)13(17)6-10)9-20-15(23)21(11-3-4-11)14(8-22)18-20/h2,5-6,11,22H,3-4,7-9H2,1H3. The highest BCUT2D eigenvalue weighted by Crippen LogP contribution is 2.36. The molecular formula is C15H18F2N4OS. The van der Waals surface area contributed by atoms with Gasteiger partial charge in [0.05, 0.1) is 6.67 Å². The molecule has 1 aliphatic rings. The fraction of sp³-hybridized carbons (Fsp3) is 0.467. The number of hydrogen-bond acceptors (Lipinski definition) is 4. The van der Waals surface area contributed by atoms with E-state index in [-0.39, 0.29) is 6.61 Å². The quantitative estimate of drug-likeness (QED) is 0.821. The zero-order valence-electron chi connectivity index (χ0n) is 12.7. The summed E-state index contributed by atoms with van der Waals surface area (Å²) in [4.78, 5) is 1.90. The Morgan fingerprint density at radius 2 is 2.09 bits per heavy atom. The highest BCUT2D eigenvalue weighted by Gasteiger charge is 2.28. The third kappa shape index (κ3) is 3.49. The molecule has 0 unspecified atom stereocenters. The van der Waals surface area contributed by atoms with Gasteiger partial charge in [0.15, 0.2) is 22.2 Å². The number of aliphatic hydroxyl groups excluding tert-OH is 1. The van der Waals surface area contributed by atoms with Crippen LogP contribution < -0.4 is 0 Å². The first-order chi connectivity index (χ1) is 11.0. The Balaban J connectivity index is 1.73. The zero-order chi connectivity index (χ0) is 16.6. The lowest BCUT2D eigenvalue weighted by Crippen LogP contribution is -2.22. The number of aromatic nitrogens is 3. The van der Waals surface area contributed by atoms with Crippen LogP contribution in [0.2, 0.25) is 0 Å². The highest BCUT2D eigenvalue weighted by atomic mass is 32.1. The number of rotatable bonds is 6. The average molecular weight is 340 g/mol. The van der Waals surface area contributed by atoms with Gasteiger partial charge in [0.2, 0.25) is 0 Å². The van der Waals surface area contributed by atoms with Crippen LogP contribution in [0.3, 0.4) is 0 Å². The van der Waals surface area contributed by atoms with Crippen molar-refractivity contribution < 1.29 is 13.9 Å². The maximum Gasteiger partial charge on any atom is 0.199 e. The third-order valence-electron chi connectivity index (χ3n) is 3.81. The van der Waals surface area contributed by atoms with Crippen LogP contribution in [0.5, 0.6) is 0 Å². The average Bonchev–Trinajstić information content (AvgIpc) is 3.29. The van der Waals surface area contributed by atoms with E-state index in [0.29, 0.717) is 35.4 Å².